The third-order valence-electron chi connectivity index (χ3n) is 2.76. The molecule has 0 fully saturated rings. The van der Waals surface area contributed by atoms with Crippen LogP contribution in [0.5, 0.6) is 0 Å². The van der Waals surface area contributed by atoms with E-state index in [2.05, 4.69) is 55.1 Å². The minimum absolute atomic E-state index is 0.561. The molecular weight excluding hydrogens is 468 g/mol. The van der Waals surface area contributed by atoms with Crippen LogP contribution in [0, 0.1) is 7.40 Å². The van der Waals surface area contributed by atoms with Gasteiger partial charge in [-0.15, -0.1) is 0 Å². The number of para-hydroxylation sites is 1. The van der Waals surface area contributed by atoms with Crippen LogP contribution >= 0.6 is 45.2 Å². The van der Waals surface area contributed by atoms with Crippen LogP contribution in [-0.2, 0) is 0 Å². The summed E-state index contributed by atoms with van der Waals surface area (Å²) in [5.41, 5.74) is 1.42. The molecule has 6 heteroatoms. The van der Waals surface area contributed by atoms with Gasteiger partial charge in [-0.2, -0.15) is 0 Å². The van der Waals surface area contributed by atoms with E-state index in [0.717, 1.165) is 24.6 Å². The second-order valence-corrected chi connectivity index (χ2v) is 5.95. The van der Waals surface area contributed by atoms with Gasteiger partial charge in [0.2, 0.25) is 0 Å². The first-order chi connectivity index (χ1) is 9.20. The highest BCUT2D eigenvalue weighted by Gasteiger charge is 2.13. The van der Waals surface area contributed by atoms with Gasteiger partial charge >= 0.3 is 0 Å². The van der Waals surface area contributed by atoms with E-state index in [-0.39, 0.29) is 0 Å². The van der Waals surface area contributed by atoms with E-state index in [1.54, 1.807) is 6.33 Å². The molecule has 1 aromatic carbocycles. The first-order valence-corrected chi connectivity index (χ1v) is 7.60. The van der Waals surface area contributed by atoms with Crippen LogP contribution in [0.3, 0.4) is 0 Å². The summed E-state index contributed by atoms with van der Waals surface area (Å²) >= 11 is 4.36. The van der Waals surface area contributed by atoms with Crippen molar-refractivity contribution in [2.45, 2.75) is 0 Å². The molecule has 0 saturated carbocycles. The SMILES string of the molecule is O=Cc1cc2ccccc2nc1-n1cnc(I)c1I. The fraction of sp³-hybridized carbons (Fsp3) is 0. The Morgan fingerprint density at radius 2 is 2.00 bits per heavy atom. The van der Waals surface area contributed by atoms with Gasteiger partial charge < -0.3 is 0 Å². The molecular formula is C13H7I2N3O. The highest BCUT2D eigenvalue weighted by Crippen LogP contribution is 2.22. The molecule has 0 aliphatic rings. The largest absolute Gasteiger partial charge is 0.298 e. The average molecular weight is 475 g/mol. The summed E-state index contributed by atoms with van der Waals surface area (Å²) in [6.45, 7) is 0. The molecule has 94 valence electrons. The highest BCUT2D eigenvalue weighted by molar-refractivity contribution is 14.1. The van der Waals surface area contributed by atoms with Gasteiger partial charge in [-0.1, -0.05) is 18.2 Å². The maximum atomic E-state index is 11.3. The monoisotopic (exact) mass is 475 g/mol. The third-order valence-corrected chi connectivity index (χ3v) is 5.61. The van der Waals surface area contributed by atoms with Crippen LogP contribution < -0.4 is 0 Å². The Morgan fingerprint density at radius 1 is 1.21 bits per heavy atom. The summed E-state index contributed by atoms with van der Waals surface area (Å²) in [6.07, 6.45) is 2.52. The lowest BCUT2D eigenvalue weighted by Gasteiger charge is -2.08. The molecule has 3 aromatic rings. The maximum absolute atomic E-state index is 11.3. The fourth-order valence-corrected chi connectivity index (χ4v) is 2.74. The molecule has 2 aromatic heterocycles. The van der Waals surface area contributed by atoms with Gasteiger partial charge in [0, 0.05) is 5.39 Å². The van der Waals surface area contributed by atoms with Crippen molar-refractivity contribution < 1.29 is 4.79 Å². The molecule has 0 spiro atoms. The summed E-state index contributed by atoms with van der Waals surface area (Å²) in [4.78, 5) is 20.1. The Balaban J connectivity index is 2.33. The number of fused-ring (bicyclic) bond motifs is 1. The van der Waals surface area contributed by atoms with Crippen LogP contribution in [0.2, 0.25) is 0 Å². The van der Waals surface area contributed by atoms with Crippen molar-refractivity contribution in [3.8, 4) is 5.82 Å². The lowest BCUT2D eigenvalue weighted by molar-refractivity contribution is 0.112. The van der Waals surface area contributed by atoms with Gasteiger partial charge in [-0.3, -0.25) is 9.36 Å². The zero-order chi connectivity index (χ0) is 13.4. The Labute approximate surface area is 136 Å². The molecule has 0 amide bonds. The van der Waals surface area contributed by atoms with Crippen LogP contribution in [0.15, 0.2) is 36.7 Å². The van der Waals surface area contributed by atoms with E-state index >= 15 is 0 Å². The van der Waals surface area contributed by atoms with E-state index in [1.807, 2.05) is 34.9 Å². The van der Waals surface area contributed by atoms with Gasteiger partial charge in [0.25, 0.3) is 0 Å². The molecule has 0 unspecified atom stereocenters. The van der Waals surface area contributed by atoms with Gasteiger partial charge in [0.15, 0.2) is 6.29 Å². The first-order valence-electron chi connectivity index (χ1n) is 5.44. The number of hydrogen-bond acceptors (Lipinski definition) is 3. The molecule has 0 saturated heterocycles. The molecule has 2 heterocycles. The minimum atomic E-state index is 0.561. The number of rotatable bonds is 2. The molecule has 19 heavy (non-hydrogen) atoms. The van der Waals surface area contributed by atoms with E-state index in [9.17, 15) is 4.79 Å². The Bertz CT molecular complexity index is 783. The summed E-state index contributed by atoms with van der Waals surface area (Å²) in [6, 6.07) is 9.60. The second-order valence-electron chi connectivity index (χ2n) is 3.91. The number of hydrogen-bond donors (Lipinski definition) is 0. The van der Waals surface area contributed by atoms with E-state index in [1.165, 1.54) is 0 Å². The number of imidazole rings is 1. The highest BCUT2D eigenvalue weighted by atomic mass is 127. The normalized spacial score (nSPS) is 10.8. The average Bonchev–Trinajstić information content (AvgIpc) is 2.77. The van der Waals surface area contributed by atoms with Crippen LogP contribution in [0.4, 0.5) is 0 Å². The van der Waals surface area contributed by atoms with E-state index in [4.69, 9.17) is 0 Å². The topological polar surface area (TPSA) is 47.8 Å². The number of carbonyl (C=O) groups excluding carboxylic acids is 1. The summed E-state index contributed by atoms with van der Waals surface area (Å²) in [7, 11) is 0. The molecule has 0 aliphatic heterocycles. The van der Waals surface area contributed by atoms with Crippen LogP contribution in [0.25, 0.3) is 16.7 Å². The number of halogens is 2. The van der Waals surface area contributed by atoms with Crippen molar-refractivity contribution in [1.82, 2.24) is 14.5 Å². The minimum Gasteiger partial charge on any atom is -0.298 e. The molecule has 0 bridgehead atoms. The van der Waals surface area contributed by atoms with Gasteiger partial charge in [0.1, 0.15) is 19.5 Å². The van der Waals surface area contributed by atoms with E-state index in [0.29, 0.717) is 11.4 Å². The third kappa shape index (κ3) is 2.27. The van der Waals surface area contributed by atoms with Crippen molar-refractivity contribution in [2.75, 3.05) is 0 Å². The second kappa shape index (κ2) is 5.16. The maximum Gasteiger partial charge on any atom is 0.153 e. The number of aldehydes is 1. The number of benzene rings is 1. The van der Waals surface area contributed by atoms with Crippen molar-refractivity contribution in [3.05, 3.63) is 49.6 Å². The molecule has 0 atom stereocenters. The standard InChI is InChI=1S/C13H7I2N3O/c14-11-12(15)18(7-16-11)13-9(6-19)5-8-3-1-2-4-10(8)17-13/h1-7H. The van der Waals surface area contributed by atoms with Crippen molar-refractivity contribution in [1.29, 1.82) is 0 Å². The van der Waals surface area contributed by atoms with E-state index < -0.39 is 0 Å². The Morgan fingerprint density at radius 3 is 2.68 bits per heavy atom. The molecule has 4 nitrogen and oxygen atoms in total. The van der Waals surface area contributed by atoms with Crippen molar-refractivity contribution in [2.24, 2.45) is 0 Å². The molecule has 0 N–H and O–H groups in total. The number of pyridine rings is 1. The predicted molar refractivity (Wildman–Crippen MR) is 89.7 cm³/mol. The van der Waals surface area contributed by atoms with Crippen LogP contribution in [-0.4, -0.2) is 20.8 Å². The van der Waals surface area contributed by atoms with Crippen molar-refractivity contribution in [3.63, 3.8) is 0 Å². The smallest absolute Gasteiger partial charge is 0.153 e. The fourth-order valence-electron chi connectivity index (χ4n) is 1.86. The van der Waals surface area contributed by atoms with Gasteiger partial charge in [-0.05, 0) is 57.3 Å². The summed E-state index contributed by atoms with van der Waals surface area (Å²) in [5.74, 6) is 0.619. The predicted octanol–water partition coefficient (Wildman–Crippen LogP) is 3.44. The number of carbonyl (C=O) groups is 1. The summed E-state index contributed by atoms with van der Waals surface area (Å²) in [5, 5.41) is 0.957. The van der Waals surface area contributed by atoms with Gasteiger partial charge in [0.05, 0.1) is 11.1 Å². The van der Waals surface area contributed by atoms with Gasteiger partial charge in [-0.25, -0.2) is 9.97 Å². The molecule has 3 rings (SSSR count). The zero-order valence-electron chi connectivity index (χ0n) is 9.55. The zero-order valence-corrected chi connectivity index (χ0v) is 13.9. The lowest BCUT2D eigenvalue weighted by Crippen LogP contribution is -2.03. The number of nitrogens with zero attached hydrogens (tertiary/aromatic N) is 3. The molecule has 0 radical (unpaired) electrons. The Hall–Kier alpha value is -1.03. The molecule has 0 aliphatic carbocycles. The van der Waals surface area contributed by atoms with Crippen LogP contribution in [0.1, 0.15) is 10.4 Å². The Kier molecular flexibility index (Phi) is 3.52. The summed E-state index contributed by atoms with van der Waals surface area (Å²) < 4.78 is 3.67. The lowest BCUT2D eigenvalue weighted by atomic mass is 10.1. The van der Waals surface area contributed by atoms with Crippen molar-refractivity contribution >= 4 is 62.4 Å². The quantitative estimate of drug-likeness (QED) is 0.422. The number of aromatic nitrogens is 3. The first kappa shape index (κ1) is 13.0.